The maximum absolute atomic E-state index is 13.2. The largest absolute Gasteiger partial charge is 0.287 e. The first-order chi connectivity index (χ1) is 7.20. The molecule has 0 bridgehead atoms. The second kappa shape index (κ2) is 3.86. The molecule has 76 valence electrons. The molecular weight excluding hydrogens is 220 g/mol. The van der Waals surface area contributed by atoms with E-state index < -0.39 is 23.0 Å². The predicted molar refractivity (Wildman–Crippen MR) is 51.9 cm³/mol. The number of carbonyl (C=O) groups excluding carboxylic acids is 1. The van der Waals surface area contributed by atoms with E-state index in [1.807, 2.05) is 0 Å². The molecule has 0 aliphatic carbocycles. The van der Waals surface area contributed by atoms with E-state index in [-0.39, 0.29) is 4.88 Å². The molecule has 1 aromatic heterocycles. The smallest absolute Gasteiger partial charge is 0.210 e. The van der Waals surface area contributed by atoms with Crippen molar-refractivity contribution in [2.24, 2.45) is 0 Å². The third kappa shape index (κ3) is 1.78. The third-order valence-corrected chi connectivity index (χ3v) is 2.62. The number of aromatic nitrogens is 1. The monoisotopic (exact) mass is 225 g/mol. The molecule has 5 heteroatoms. The standard InChI is InChI=1S/C10H5F2NOS/c11-6-2-1-3-7(12)9(6)10(14)8-4-13-5-15-8/h1-5H. The quantitative estimate of drug-likeness (QED) is 0.735. The molecule has 0 spiro atoms. The van der Waals surface area contributed by atoms with Gasteiger partial charge in [0.05, 0.1) is 16.0 Å². The fraction of sp³-hybridized carbons (Fsp3) is 0. The van der Waals surface area contributed by atoms with Gasteiger partial charge in [0.25, 0.3) is 0 Å². The number of thiazole rings is 1. The van der Waals surface area contributed by atoms with Crippen LogP contribution >= 0.6 is 11.3 Å². The summed E-state index contributed by atoms with van der Waals surface area (Å²) < 4.78 is 26.4. The number of ketones is 1. The molecule has 0 aliphatic rings. The van der Waals surface area contributed by atoms with E-state index in [1.54, 1.807) is 0 Å². The van der Waals surface area contributed by atoms with Crippen LogP contribution in [0.25, 0.3) is 0 Å². The molecule has 0 aliphatic heterocycles. The van der Waals surface area contributed by atoms with Gasteiger partial charge in [-0.2, -0.15) is 0 Å². The average molecular weight is 225 g/mol. The van der Waals surface area contributed by atoms with Crippen molar-refractivity contribution in [1.82, 2.24) is 4.98 Å². The van der Waals surface area contributed by atoms with Gasteiger partial charge in [0, 0.05) is 6.20 Å². The van der Waals surface area contributed by atoms with E-state index in [2.05, 4.69) is 4.98 Å². The van der Waals surface area contributed by atoms with E-state index >= 15 is 0 Å². The van der Waals surface area contributed by atoms with Crippen LogP contribution in [0.5, 0.6) is 0 Å². The first kappa shape index (κ1) is 9.92. The summed E-state index contributed by atoms with van der Waals surface area (Å²) in [6.07, 6.45) is 1.29. The van der Waals surface area contributed by atoms with Crippen molar-refractivity contribution in [2.75, 3.05) is 0 Å². The van der Waals surface area contributed by atoms with Crippen LogP contribution in [0.2, 0.25) is 0 Å². The van der Waals surface area contributed by atoms with Gasteiger partial charge in [-0.25, -0.2) is 8.78 Å². The van der Waals surface area contributed by atoms with Gasteiger partial charge in [-0.1, -0.05) is 6.07 Å². The zero-order chi connectivity index (χ0) is 10.8. The number of rotatable bonds is 2. The first-order valence-electron chi connectivity index (χ1n) is 4.07. The summed E-state index contributed by atoms with van der Waals surface area (Å²) >= 11 is 1.05. The van der Waals surface area contributed by atoms with Crippen LogP contribution in [-0.2, 0) is 0 Å². The minimum atomic E-state index is -0.853. The molecule has 0 atom stereocenters. The molecule has 2 nitrogen and oxygen atoms in total. The highest BCUT2D eigenvalue weighted by molar-refractivity contribution is 7.11. The number of nitrogens with zero attached hydrogens (tertiary/aromatic N) is 1. The van der Waals surface area contributed by atoms with E-state index in [1.165, 1.54) is 17.8 Å². The van der Waals surface area contributed by atoms with E-state index in [9.17, 15) is 13.6 Å². The lowest BCUT2D eigenvalue weighted by molar-refractivity contribution is 0.103. The van der Waals surface area contributed by atoms with Gasteiger partial charge in [-0.15, -0.1) is 11.3 Å². The van der Waals surface area contributed by atoms with Gasteiger partial charge >= 0.3 is 0 Å². The summed E-state index contributed by atoms with van der Waals surface area (Å²) in [5.74, 6) is -2.38. The highest BCUT2D eigenvalue weighted by Crippen LogP contribution is 2.18. The van der Waals surface area contributed by atoms with Crippen molar-refractivity contribution >= 4 is 17.1 Å². The summed E-state index contributed by atoms with van der Waals surface area (Å²) in [5.41, 5.74) is 0.910. The molecular formula is C10H5F2NOS. The molecule has 1 aromatic carbocycles. The van der Waals surface area contributed by atoms with E-state index in [0.717, 1.165) is 23.5 Å². The molecule has 2 rings (SSSR count). The minimum absolute atomic E-state index is 0.221. The number of halogens is 2. The highest BCUT2D eigenvalue weighted by atomic mass is 32.1. The van der Waals surface area contributed by atoms with Gasteiger partial charge in [0.2, 0.25) is 5.78 Å². The topological polar surface area (TPSA) is 30.0 Å². The number of benzene rings is 1. The average Bonchev–Trinajstić information content (AvgIpc) is 2.69. The fourth-order valence-corrected chi connectivity index (χ4v) is 1.73. The van der Waals surface area contributed by atoms with Gasteiger partial charge in [0.1, 0.15) is 11.6 Å². The Morgan fingerprint density at radius 2 is 1.93 bits per heavy atom. The van der Waals surface area contributed by atoms with Gasteiger partial charge in [-0.05, 0) is 12.1 Å². The maximum atomic E-state index is 13.2. The molecule has 0 amide bonds. The van der Waals surface area contributed by atoms with Crippen molar-refractivity contribution in [3.8, 4) is 0 Å². The van der Waals surface area contributed by atoms with E-state index in [4.69, 9.17) is 0 Å². The van der Waals surface area contributed by atoms with Gasteiger partial charge < -0.3 is 0 Å². The van der Waals surface area contributed by atoms with Gasteiger partial charge in [0.15, 0.2) is 0 Å². The van der Waals surface area contributed by atoms with Crippen LogP contribution in [0.1, 0.15) is 15.2 Å². The molecule has 0 N–H and O–H groups in total. The Hall–Kier alpha value is -1.62. The van der Waals surface area contributed by atoms with Gasteiger partial charge in [-0.3, -0.25) is 9.78 Å². The molecule has 2 aromatic rings. The highest BCUT2D eigenvalue weighted by Gasteiger charge is 2.19. The molecule has 0 fully saturated rings. The van der Waals surface area contributed by atoms with Crippen molar-refractivity contribution in [3.05, 3.63) is 52.0 Å². The zero-order valence-corrected chi connectivity index (χ0v) is 8.22. The second-order valence-electron chi connectivity index (χ2n) is 2.79. The lowest BCUT2D eigenvalue weighted by Crippen LogP contribution is -2.05. The Kier molecular flexibility index (Phi) is 2.55. The summed E-state index contributed by atoms with van der Waals surface area (Å²) in [7, 11) is 0. The van der Waals surface area contributed by atoms with Crippen LogP contribution in [0, 0.1) is 11.6 Å². The van der Waals surface area contributed by atoms with Crippen molar-refractivity contribution < 1.29 is 13.6 Å². The summed E-state index contributed by atoms with van der Waals surface area (Å²) in [6, 6.07) is 3.32. The number of hydrogen-bond donors (Lipinski definition) is 0. The molecule has 0 unspecified atom stereocenters. The Balaban J connectivity index is 2.51. The Labute approximate surface area is 88.2 Å². The van der Waals surface area contributed by atoms with Crippen molar-refractivity contribution in [2.45, 2.75) is 0 Å². The maximum Gasteiger partial charge on any atom is 0.210 e. The normalized spacial score (nSPS) is 10.3. The van der Waals surface area contributed by atoms with Crippen LogP contribution in [-0.4, -0.2) is 10.8 Å². The van der Waals surface area contributed by atoms with Crippen LogP contribution in [0.4, 0.5) is 8.78 Å². The fourth-order valence-electron chi connectivity index (χ4n) is 1.17. The van der Waals surface area contributed by atoms with Crippen LogP contribution in [0.15, 0.2) is 29.9 Å². The molecule has 1 heterocycles. The summed E-state index contributed by atoms with van der Waals surface area (Å²) in [5, 5.41) is 0. The second-order valence-corrected chi connectivity index (χ2v) is 3.68. The molecule has 0 saturated heterocycles. The first-order valence-corrected chi connectivity index (χ1v) is 4.95. The van der Waals surface area contributed by atoms with E-state index in [0.29, 0.717) is 0 Å². The Morgan fingerprint density at radius 3 is 2.47 bits per heavy atom. The minimum Gasteiger partial charge on any atom is -0.287 e. The Bertz CT molecular complexity index is 476. The number of carbonyl (C=O) groups is 1. The van der Waals surface area contributed by atoms with Crippen LogP contribution in [0.3, 0.4) is 0 Å². The zero-order valence-electron chi connectivity index (χ0n) is 7.41. The van der Waals surface area contributed by atoms with Crippen molar-refractivity contribution in [1.29, 1.82) is 0 Å². The summed E-state index contributed by atoms with van der Waals surface area (Å²) in [4.78, 5) is 15.5. The third-order valence-electron chi connectivity index (χ3n) is 1.85. The van der Waals surface area contributed by atoms with Crippen molar-refractivity contribution in [3.63, 3.8) is 0 Å². The molecule has 0 saturated carbocycles. The lowest BCUT2D eigenvalue weighted by atomic mass is 10.1. The molecule has 15 heavy (non-hydrogen) atoms. The number of hydrogen-bond acceptors (Lipinski definition) is 3. The Morgan fingerprint density at radius 1 is 1.27 bits per heavy atom. The lowest BCUT2D eigenvalue weighted by Gasteiger charge is -2.00. The molecule has 0 radical (unpaired) electrons. The SMILES string of the molecule is O=C(c1cncs1)c1c(F)cccc1F. The predicted octanol–water partition coefficient (Wildman–Crippen LogP) is 2.65. The summed E-state index contributed by atoms with van der Waals surface area (Å²) in [6.45, 7) is 0. The van der Waals surface area contributed by atoms with Crippen LogP contribution < -0.4 is 0 Å².